The molecule has 0 bridgehead atoms. The fraction of sp³-hybridized carbons (Fsp3) is 0.500. The summed E-state index contributed by atoms with van der Waals surface area (Å²) < 4.78 is 7.58. The molecule has 3 heterocycles. The zero-order chi connectivity index (χ0) is 14.4. The minimum atomic E-state index is -0.438. The average molecular weight is 287 g/mol. The fourth-order valence-electron chi connectivity index (χ4n) is 3.01. The maximum Gasteiger partial charge on any atom is 0.251 e. The van der Waals surface area contributed by atoms with Crippen LogP contribution >= 0.6 is 0 Å². The second-order valence-corrected chi connectivity index (χ2v) is 5.75. The van der Waals surface area contributed by atoms with Gasteiger partial charge in [-0.2, -0.15) is 5.10 Å². The Morgan fingerprint density at radius 3 is 3.00 bits per heavy atom. The number of hydrogen-bond acceptors (Lipinski definition) is 5. The second-order valence-electron chi connectivity index (χ2n) is 5.75. The summed E-state index contributed by atoms with van der Waals surface area (Å²) in [5.41, 5.74) is 6.82. The number of rotatable bonds is 4. The van der Waals surface area contributed by atoms with Gasteiger partial charge in [-0.25, -0.2) is 4.98 Å². The van der Waals surface area contributed by atoms with E-state index in [1.54, 1.807) is 6.20 Å². The molecule has 0 atom stereocenters. The van der Waals surface area contributed by atoms with E-state index in [1.165, 1.54) is 6.20 Å². The van der Waals surface area contributed by atoms with Crippen LogP contribution in [0.3, 0.4) is 0 Å². The molecule has 1 aliphatic heterocycles. The zero-order valence-electron chi connectivity index (χ0n) is 11.7. The molecule has 0 radical (unpaired) electrons. The molecule has 21 heavy (non-hydrogen) atoms. The first-order valence-corrected chi connectivity index (χ1v) is 7.23. The highest BCUT2D eigenvalue weighted by Crippen LogP contribution is 2.26. The molecule has 2 aromatic rings. The number of amides is 1. The third kappa shape index (κ3) is 2.23. The highest BCUT2D eigenvalue weighted by Gasteiger charge is 2.30. The molecule has 4 rings (SSSR count). The van der Waals surface area contributed by atoms with E-state index in [1.807, 2.05) is 4.68 Å². The van der Waals surface area contributed by atoms with E-state index in [2.05, 4.69) is 15.0 Å². The molecule has 0 aromatic carbocycles. The van der Waals surface area contributed by atoms with Crippen molar-refractivity contribution in [3.05, 3.63) is 35.3 Å². The van der Waals surface area contributed by atoms with Gasteiger partial charge in [-0.05, 0) is 12.8 Å². The third-order valence-electron chi connectivity index (χ3n) is 4.20. The fourth-order valence-corrected chi connectivity index (χ4v) is 3.01. The number of fused-ring (bicyclic) bond motifs is 1. The second kappa shape index (κ2) is 4.70. The Hall–Kier alpha value is -2.15. The number of primary amides is 1. The van der Waals surface area contributed by atoms with Crippen molar-refractivity contribution >= 4 is 5.91 Å². The predicted octanol–water partition coefficient (Wildman–Crippen LogP) is 0.516. The van der Waals surface area contributed by atoms with Gasteiger partial charge in [0.1, 0.15) is 5.76 Å². The van der Waals surface area contributed by atoms with Crippen molar-refractivity contribution in [2.24, 2.45) is 5.73 Å². The molecule has 1 saturated heterocycles. The lowest BCUT2D eigenvalue weighted by Gasteiger charge is -2.38. The van der Waals surface area contributed by atoms with Gasteiger partial charge in [-0.15, -0.1) is 0 Å². The largest absolute Gasteiger partial charge is 0.444 e. The zero-order valence-corrected chi connectivity index (χ0v) is 11.7. The van der Waals surface area contributed by atoms with Crippen LogP contribution in [0, 0.1) is 0 Å². The summed E-state index contributed by atoms with van der Waals surface area (Å²) in [6.45, 7) is 2.51. The van der Waals surface area contributed by atoms with Gasteiger partial charge in [0.15, 0.2) is 0 Å². The molecule has 2 aliphatic rings. The highest BCUT2D eigenvalue weighted by molar-refractivity contribution is 5.92. The first-order chi connectivity index (χ1) is 10.2. The quantitative estimate of drug-likeness (QED) is 0.885. The van der Waals surface area contributed by atoms with Crippen LogP contribution in [-0.2, 0) is 19.4 Å². The molecule has 110 valence electrons. The number of nitrogens with zero attached hydrogens (tertiary/aromatic N) is 4. The lowest BCUT2D eigenvalue weighted by Crippen LogP contribution is -2.47. The summed E-state index contributed by atoms with van der Waals surface area (Å²) in [7, 11) is 0. The first-order valence-electron chi connectivity index (χ1n) is 7.23. The minimum Gasteiger partial charge on any atom is -0.444 e. The maximum atomic E-state index is 11.1. The SMILES string of the molecule is NC(=O)c1cnn(C2CN(Cc3nc4c(o3)CCC4)C2)c1. The van der Waals surface area contributed by atoms with Crippen LogP contribution in [0.25, 0.3) is 0 Å². The van der Waals surface area contributed by atoms with Crippen molar-refractivity contribution in [3.8, 4) is 0 Å². The number of carbonyl (C=O) groups excluding carboxylic acids is 1. The predicted molar refractivity (Wildman–Crippen MR) is 73.6 cm³/mol. The molecule has 2 N–H and O–H groups in total. The Bertz CT molecular complexity index is 662. The van der Waals surface area contributed by atoms with Gasteiger partial charge in [-0.3, -0.25) is 14.4 Å². The van der Waals surface area contributed by atoms with E-state index < -0.39 is 5.91 Å². The molecule has 2 aromatic heterocycles. The Kier molecular flexibility index (Phi) is 2.81. The van der Waals surface area contributed by atoms with E-state index in [0.717, 1.165) is 56.2 Å². The third-order valence-corrected chi connectivity index (χ3v) is 4.20. The van der Waals surface area contributed by atoms with E-state index >= 15 is 0 Å². The molecule has 1 fully saturated rings. The molecule has 1 amide bonds. The normalized spacial score (nSPS) is 18.7. The van der Waals surface area contributed by atoms with Gasteiger partial charge < -0.3 is 10.2 Å². The van der Waals surface area contributed by atoms with Crippen molar-refractivity contribution in [2.45, 2.75) is 31.8 Å². The molecular formula is C14H17N5O2. The van der Waals surface area contributed by atoms with Gasteiger partial charge in [0, 0.05) is 25.7 Å². The summed E-state index contributed by atoms with van der Waals surface area (Å²) in [4.78, 5) is 17.9. The number of hydrogen-bond donors (Lipinski definition) is 1. The summed E-state index contributed by atoms with van der Waals surface area (Å²) in [6.07, 6.45) is 6.46. The minimum absolute atomic E-state index is 0.292. The van der Waals surface area contributed by atoms with Crippen LogP contribution in [0.2, 0.25) is 0 Å². The number of aryl methyl sites for hydroxylation is 2. The topological polar surface area (TPSA) is 90.2 Å². The smallest absolute Gasteiger partial charge is 0.251 e. The highest BCUT2D eigenvalue weighted by atomic mass is 16.4. The van der Waals surface area contributed by atoms with Crippen molar-refractivity contribution < 1.29 is 9.21 Å². The van der Waals surface area contributed by atoms with Gasteiger partial charge in [0.2, 0.25) is 5.89 Å². The Balaban J connectivity index is 1.35. The summed E-state index contributed by atoms with van der Waals surface area (Å²) in [5.74, 6) is 1.45. The summed E-state index contributed by atoms with van der Waals surface area (Å²) >= 11 is 0. The number of likely N-dealkylation sites (tertiary alicyclic amines) is 1. The number of carbonyl (C=O) groups is 1. The Labute approximate surface area is 121 Å². The summed E-state index contributed by atoms with van der Waals surface area (Å²) in [5, 5.41) is 4.19. The van der Waals surface area contributed by atoms with E-state index in [0.29, 0.717) is 11.6 Å². The van der Waals surface area contributed by atoms with Crippen molar-refractivity contribution in [3.63, 3.8) is 0 Å². The van der Waals surface area contributed by atoms with Crippen molar-refractivity contribution in [1.29, 1.82) is 0 Å². The lowest BCUT2D eigenvalue weighted by molar-refractivity contribution is 0.0809. The first kappa shape index (κ1) is 12.6. The lowest BCUT2D eigenvalue weighted by atomic mass is 10.1. The van der Waals surface area contributed by atoms with Crippen molar-refractivity contribution in [2.75, 3.05) is 13.1 Å². The number of oxazole rings is 1. The molecule has 0 saturated carbocycles. The van der Waals surface area contributed by atoms with Crippen LogP contribution in [-0.4, -0.2) is 38.7 Å². The van der Waals surface area contributed by atoms with Gasteiger partial charge in [-0.1, -0.05) is 0 Å². The molecule has 7 heteroatoms. The van der Waals surface area contributed by atoms with Crippen LogP contribution < -0.4 is 5.73 Å². The van der Waals surface area contributed by atoms with Gasteiger partial charge >= 0.3 is 0 Å². The van der Waals surface area contributed by atoms with E-state index in [4.69, 9.17) is 10.2 Å². The molecule has 0 unspecified atom stereocenters. The van der Waals surface area contributed by atoms with E-state index in [9.17, 15) is 4.79 Å². The molecule has 1 aliphatic carbocycles. The van der Waals surface area contributed by atoms with Gasteiger partial charge in [0.05, 0.1) is 30.0 Å². The van der Waals surface area contributed by atoms with Crippen LogP contribution in [0.5, 0.6) is 0 Å². The Morgan fingerprint density at radius 1 is 1.43 bits per heavy atom. The Morgan fingerprint density at radius 2 is 2.29 bits per heavy atom. The number of aromatic nitrogens is 3. The summed E-state index contributed by atoms with van der Waals surface area (Å²) in [6, 6.07) is 0.292. The maximum absolute atomic E-state index is 11.1. The number of nitrogens with two attached hydrogens (primary N) is 1. The van der Waals surface area contributed by atoms with Crippen molar-refractivity contribution in [1.82, 2.24) is 19.7 Å². The van der Waals surface area contributed by atoms with E-state index in [-0.39, 0.29) is 0 Å². The molecule has 0 spiro atoms. The van der Waals surface area contributed by atoms with Crippen LogP contribution in [0.15, 0.2) is 16.8 Å². The standard InChI is InChI=1S/C14H17N5O2/c15-14(20)9-4-16-19(5-9)10-6-18(7-10)8-13-17-11-2-1-3-12(11)21-13/h4-5,10H,1-3,6-8H2,(H2,15,20). The molecular weight excluding hydrogens is 270 g/mol. The monoisotopic (exact) mass is 287 g/mol. The van der Waals surface area contributed by atoms with Gasteiger partial charge in [0.25, 0.3) is 5.91 Å². The average Bonchev–Trinajstić information content (AvgIpc) is 3.08. The van der Waals surface area contributed by atoms with Crippen LogP contribution in [0.1, 0.15) is 40.2 Å². The molecule has 7 nitrogen and oxygen atoms in total. The van der Waals surface area contributed by atoms with Crippen LogP contribution in [0.4, 0.5) is 0 Å².